The summed E-state index contributed by atoms with van der Waals surface area (Å²) in [6, 6.07) is 5.94. The fraction of sp³-hybridized carbons (Fsp3) is 0.444. The normalized spacial score (nSPS) is 16.9. The van der Waals surface area contributed by atoms with Gasteiger partial charge in [-0.05, 0) is 38.0 Å². The van der Waals surface area contributed by atoms with E-state index in [1.54, 1.807) is 13.0 Å². The van der Waals surface area contributed by atoms with Gasteiger partial charge < -0.3 is 18.7 Å². The van der Waals surface area contributed by atoms with E-state index < -0.39 is 16.0 Å². The Morgan fingerprint density at radius 3 is 2.86 bits per heavy atom. The first-order valence-corrected chi connectivity index (χ1v) is 10.4. The van der Waals surface area contributed by atoms with Crippen LogP contribution in [0.5, 0.6) is 5.75 Å². The average Bonchev–Trinajstić information content (AvgIpc) is 3.38. The number of nitrogens with zero attached hydrogens (tertiary/aromatic N) is 1. The van der Waals surface area contributed by atoms with Gasteiger partial charge >= 0.3 is 5.97 Å². The maximum Gasteiger partial charge on any atom is 0.360 e. The Morgan fingerprint density at radius 2 is 2.18 bits per heavy atom. The number of aromatic nitrogens is 1. The lowest BCUT2D eigenvalue weighted by molar-refractivity contribution is 0.0514. The lowest BCUT2D eigenvalue weighted by Gasteiger charge is -2.14. The summed E-state index contributed by atoms with van der Waals surface area (Å²) >= 11 is 0. The Bertz CT molecular complexity index is 933. The van der Waals surface area contributed by atoms with E-state index in [4.69, 9.17) is 18.7 Å². The molecule has 28 heavy (non-hydrogen) atoms. The molecule has 1 aliphatic heterocycles. The minimum atomic E-state index is -3.85. The van der Waals surface area contributed by atoms with Crippen LogP contribution in [0.25, 0.3) is 11.3 Å². The van der Waals surface area contributed by atoms with Crippen molar-refractivity contribution in [1.29, 1.82) is 0 Å². The van der Waals surface area contributed by atoms with Gasteiger partial charge in [0.25, 0.3) is 0 Å². The summed E-state index contributed by atoms with van der Waals surface area (Å²) in [6.45, 7) is 2.72. The van der Waals surface area contributed by atoms with Crippen LogP contribution in [-0.4, -0.2) is 52.5 Å². The van der Waals surface area contributed by atoms with Crippen LogP contribution < -0.4 is 9.46 Å². The second kappa shape index (κ2) is 8.72. The third kappa shape index (κ3) is 4.51. The summed E-state index contributed by atoms with van der Waals surface area (Å²) in [6.07, 6.45) is 1.60. The molecule has 9 nitrogen and oxygen atoms in total. The third-order valence-corrected chi connectivity index (χ3v) is 5.70. The number of sulfonamides is 1. The average molecular weight is 410 g/mol. The number of hydrogen-bond acceptors (Lipinski definition) is 8. The molecule has 1 aliphatic rings. The van der Waals surface area contributed by atoms with E-state index in [1.165, 1.54) is 25.3 Å². The van der Waals surface area contributed by atoms with Gasteiger partial charge in [-0.3, -0.25) is 0 Å². The van der Waals surface area contributed by atoms with Crippen molar-refractivity contribution < 1.29 is 31.9 Å². The van der Waals surface area contributed by atoms with Crippen molar-refractivity contribution in [3.8, 4) is 17.1 Å². The number of ether oxygens (including phenoxy) is 3. The summed E-state index contributed by atoms with van der Waals surface area (Å²) in [4.78, 5) is 11.7. The molecule has 1 aromatic carbocycles. The van der Waals surface area contributed by atoms with Crippen LogP contribution in [0.1, 0.15) is 30.3 Å². The molecule has 1 aromatic heterocycles. The number of rotatable bonds is 8. The SMILES string of the molecule is CCOC(=O)c1cc(-c2ccc(OC)c(S(=O)(=O)NC[C@H]3CCCO3)c2)on1. The fourth-order valence-electron chi connectivity index (χ4n) is 2.84. The van der Waals surface area contributed by atoms with E-state index in [0.717, 1.165) is 12.8 Å². The van der Waals surface area contributed by atoms with Gasteiger partial charge in [0.05, 0.1) is 19.8 Å². The van der Waals surface area contributed by atoms with E-state index in [9.17, 15) is 13.2 Å². The van der Waals surface area contributed by atoms with Gasteiger partial charge in [0.1, 0.15) is 10.6 Å². The molecule has 0 saturated carbocycles. The molecule has 0 radical (unpaired) electrons. The van der Waals surface area contributed by atoms with E-state index in [1.807, 2.05) is 0 Å². The van der Waals surface area contributed by atoms with Gasteiger partial charge in [-0.25, -0.2) is 17.9 Å². The van der Waals surface area contributed by atoms with Gasteiger partial charge in [-0.1, -0.05) is 5.16 Å². The lowest BCUT2D eigenvalue weighted by atomic mass is 10.1. The molecule has 0 spiro atoms. The molecule has 0 amide bonds. The van der Waals surface area contributed by atoms with Crippen LogP contribution in [0, 0.1) is 0 Å². The summed E-state index contributed by atoms with van der Waals surface area (Å²) in [5.74, 6) is -0.188. The summed E-state index contributed by atoms with van der Waals surface area (Å²) < 4.78 is 48.8. The molecule has 2 heterocycles. The van der Waals surface area contributed by atoms with Crippen LogP contribution in [0.15, 0.2) is 33.7 Å². The predicted molar refractivity (Wildman–Crippen MR) is 98.6 cm³/mol. The Morgan fingerprint density at radius 1 is 1.36 bits per heavy atom. The number of benzene rings is 1. The van der Waals surface area contributed by atoms with Gasteiger partial charge in [-0.2, -0.15) is 0 Å². The molecule has 0 aliphatic carbocycles. The number of hydrogen-bond donors (Lipinski definition) is 1. The fourth-order valence-corrected chi connectivity index (χ4v) is 4.10. The first-order valence-electron chi connectivity index (χ1n) is 8.88. The molecule has 2 aromatic rings. The number of esters is 1. The third-order valence-electron chi connectivity index (χ3n) is 4.26. The zero-order valence-corrected chi connectivity index (χ0v) is 16.5. The van der Waals surface area contributed by atoms with Crippen molar-refractivity contribution in [2.24, 2.45) is 0 Å². The quantitative estimate of drug-likeness (QED) is 0.657. The van der Waals surface area contributed by atoms with Crippen molar-refractivity contribution in [3.63, 3.8) is 0 Å². The topological polar surface area (TPSA) is 117 Å². The highest BCUT2D eigenvalue weighted by atomic mass is 32.2. The number of carbonyl (C=O) groups excluding carboxylic acids is 1. The maximum absolute atomic E-state index is 12.8. The second-order valence-corrected chi connectivity index (χ2v) is 7.88. The van der Waals surface area contributed by atoms with E-state index in [2.05, 4.69) is 9.88 Å². The van der Waals surface area contributed by atoms with Gasteiger partial charge in [0, 0.05) is 24.8 Å². The Balaban J connectivity index is 1.86. The van der Waals surface area contributed by atoms with Gasteiger partial charge in [0.15, 0.2) is 11.5 Å². The van der Waals surface area contributed by atoms with Crippen LogP contribution in [0.3, 0.4) is 0 Å². The monoisotopic (exact) mass is 410 g/mol. The highest BCUT2D eigenvalue weighted by molar-refractivity contribution is 7.89. The summed E-state index contributed by atoms with van der Waals surface area (Å²) in [5.41, 5.74) is 0.440. The van der Waals surface area contributed by atoms with Crippen LogP contribution in [-0.2, 0) is 19.5 Å². The largest absolute Gasteiger partial charge is 0.495 e. The molecule has 0 unspecified atom stereocenters. The maximum atomic E-state index is 12.8. The molecule has 0 bridgehead atoms. The first kappa shape index (κ1) is 20.3. The molecule has 1 fully saturated rings. The van der Waals surface area contributed by atoms with Crippen LogP contribution >= 0.6 is 0 Å². The van der Waals surface area contributed by atoms with E-state index in [0.29, 0.717) is 12.2 Å². The Hall–Kier alpha value is -2.43. The minimum Gasteiger partial charge on any atom is -0.495 e. The van der Waals surface area contributed by atoms with E-state index >= 15 is 0 Å². The zero-order chi connectivity index (χ0) is 20.1. The highest BCUT2D eigenvalue weighted by Crippen LogP contribution is 2.30. The molecule has 1 saturated heterocycles. The molecule has 10 heteroatoms. The van der Waals surface area contributed by atoms with Crippen molar-refractivity contribution in [2.75, 3.05) is 26.9 Å². The molecule has 3 rings (SSSR count). The zero-order valence-electron chi connectivity index (χ0n) is 15.6. The molecule has 1 N–H and O–H groups in total. The van der Waals surface area contributed by atoms with Crippen LogP contribution in [0.4, 0.5) is 0 Å². The number of methoxy groups -OCH3 is 1. The Kier molecular flexibility index (Phi) is 6.32. The predicted octanol–water partition coefficient (Wildman–Crippen LogP) is 1.98. The Labute approximate surface area is 163 Å². The highest BCUT2D eigenvalue weighted by Gasteiger charge is 2.24. The second-order valence-electron chi connectivity index (χ2n) is 6.15. The standard InChI is InChI=1S/C18H22N2O7S/c1-3-25-18(21)14-10-16(27-20-14)12-6-7-15(24-2)17(9-12)28(22,23)19-11-13-5-4-8-26-13/h6-7,9-10,13,19H,3-5,8,11H2,1-2H3/t13-/m1/s1. The number of nitrogens with one attached hydrogen (secondary N) is 1. The van der Waals surface area contributed by atoms with Crippen molar-refractivity contribution in [2.45, 2.75) is 30.8 Å². The smallest absolute Gasteiger partial charge is 0.360 e. The van der Waals surface area contributed by atoms with Crippen molar-refractivity contribution in [3.05, 3.63) is 30.0 Å². The molecule has 152 valence electrons. The lowest BCUT2D eigenvalue weighted by Crippen LogP contribution is -2.32. The van der Waals surface area contributed by atoms with Gasteiger partial charge in [0.2, 0.25) is 10.0 Å². The molecule has 1 atom stereocenters. The molecular formula is C18H22N2O7S. The minimum absolute atomic E-state index is 0.00795. The summed E-state index contributed by atoms with van der Waals surface area (Å²) in [5, 5.41) is 3.67. The van der Waals surface area contributed by atoms with Crippen molar-refractivity contribution >= 4 is 16.0 Å². The van der Waals surface area contributed by atoms with Crippen LogP contribution in [0.2, 0.25) is 0 Å². The molecular weight excluding hydrogens is 388 g/mol. The number of carbonyl (C=O) groups is 1. The van der Waals surface area contributed by atoms with Crippen molar-refractivity contribution in [1.82, 2.24) is 9.88 Å². The van der Waals surface area contributed by atoms with E-state index in [-0.39, 0.29) is 41.4 Å². The first-order chi connectivity index (χ1) is 13.4. The van der Waals surface area contributed by atoms with Gasteiger partial charge in [-0.15, -0.1) is 0 Å². The summed E-state index contributed by atoms with van der Waals surface area (Å²) in [7, 11) is -2.46.